The minimum atomic E-state index is 0.744. The van der Waals surface area contributed by atoms with Crippen LogP contribution in [0.1, 0.15) is 65.2 Å². The van der Waals surface area contributed by atoms with Gasteiger partial charge in [-0.25, -0.2) is 0 Å². The van der Waals surface area contributed by atoms with Gasteiger partial charge in [0.1, 0.15) is 0 Å². The van der Waals surface area contributed by atoms with Crippen molar-refractivity contribution in [3.8, 4) is 0 Å². The smallest absolute Gasteiger partial charge is 0.00467 e. The molecule has 0 aromatic heterocycles. The Balaban J connectivity index is 1.91. The van der Waals surface area contributed by atoms with E-state index < -0.39 is 0 Å². The van der Waals surface area contributed by atoms with Crippen molar-refractivity contribution in [2.45, 2.75) is 71.3 Å². The van der Waals surface area contributed by atoms with Gasteiger partial charge in [0, 0.05) is 19.1 Å². The van der Waals surface area contributed by atoms with Crippen LogP contribution >= 0.6 is 0 Å². The third-order valence-electron chi connectivity index (χ3n) is 5.99. The Morgan fingerprint density at radius 1 is 0.750 bits per heavy atom. The summed E-state index contributed by atoms with van der Waals surface area (Å²) in [5.41, 5.74) is 1.49. The van der Waals surface area contributed by atoms with E-state index in [1.807, 2.05) is 0 Å². The molecule has 1 heterocycles. The summed E-state index contributed by atoms with van der Waals surface area (Å²) in [5.74, 6) is 0. The molecular weight excluding hydrogens is 194 g/mol. The Morgan fingerprint density at radius 2 is 1.12 bits per heavy atom. The lowest BCUT2D eigenvalue weighted by atomic mass is 9.52. The zero-order valence-corrected chi connectivity index (χ0v) is 11.1. The van der Waals surface area contributed by atoms with E-state index in [0.717, 1.165) is 16.9 Å². The Bertz CT molecular complexity index is 233. The molecule has 1 saturated heterocycles. The fourth-order valence-electron chi connectivity index (χ4n) is 5.01. The van der Waals surface area contributed by atoms with Crippen LogP contribution in [0.2, 0.25) is 0 Å². The van der Waals surface area contributed by atoms with Gasteiger partial charge in [0.05, 0.1) is 0 Å². The van der Waals surface area contributed by atoms with Gasteiger partial charge >= 0.3 is 0 Å². The molecule has 0 amide bonds. The first-order valence-electron chi connectivity index (χ1n) is 7.42. The fraction of sp³-hybridized carbons (Fsp3) is 1.00. The van der Waals surface area contributed by atoms with E-state index in [4.69, 9.17) is 0 Å². The Kier molecular flexibility index (Phi) is 2.58. The topological polar surface area (TPSA) is 3.24 Å². The second-order valence-electron chi connectivity index (χ2n) is 6.97. The molecule has 0 atom stereocenters. The summed E-state index contributed by atoms with van der Waals surface area (Å²) in [6.07, 6.45) is 12.2. The molecule has 0 unspecified atom stereocenters. The van der Waals surface area contributed by atoms with E-state index in [2.05, 4.69) is 18.7 Å². The van der Waals surface area contributed by atoms with Gasteiger partial charge in [-0.1, -0.05) is 25.7 Å². The minimum Gasteiger partial charge on any atom is -0.300 e. The molecule has 1 aliphatic heterocycles. The van der Waals surface area contributed by atoms with Gasteiger partial charge in [-0.05, 0) is 50.4 Å². The maximum atomic E-state index is 2.79. The van der Waals surface area contributed by atoms with Crippen LogP contribution in [0.4, 0.5) is 0 Å². The second kappa shape index (κ2) is 3.73. The quantitative estimate of drug-likeness (QED) is 0.650. The summed E-state index contributed by atoms with van der Waals surface area (Å²) in [6, 6.07) is 0.762. The average Bonchev–Trinajstić information content (AvgIpc) is 2.64. The Labute approximate surface area is 101 Å². The van der Waals surface area contributed by atoms with Crippen LogP contribution in [-0.4, -0.2) is 24.0 Å². The molecule has 0 aromatic carbocycles. The molecule has 0 bridgehead atoms. The molecule has 1 heteroatoms. The van der Waals surface area contributed by atoms with E-state index in [0.29, 0.717) is 0 Å². The Hall–Kier alpha value is -0.0400. The van der Waals surface area contributed by atoms with Gasteiger partial charge in [-0.2, -0.15) is 0 Å². The molecule has 92 valence electrons. The summed E-state index contributed by atoms with van der Waals surface area (Å²) >= 11 is 0. The molecule has 3 fully saturated rings. The number of nitrogens with zero attached hydrogens (tertiary/aromatic N) is 1. The maximum Gasteiger partial charge on any atom is 0.00467 e. The van der Waals surface area contributed by atoms with Gasteiger partial charge in [0.15, 0.2) is 0 Å². The van der Waals surface area contributed by atoms with E-state index in [-0.39, 0.29) is 0 Å². The van der Waals surface area contributed by atoms with Crippen LogP contribution in [0.5, 0.6) is 0 Å². The highest BCUT2D eigenvalue weighted by Gasteiger charge is 2.58. The van der Waals surface area contributed by atoms with E-state index in [9.17, 15) is 0 Å². The molecular formula is C15H27N. The summed E-state index contributed by atoms with van der Waals surface area (Å²) in [7, 11) is 0. The Morgan fingerprint density at radius 3 is 1.44 bits per heavy atom. The minimum absolute atomic E-state index is 0.744. The first-order chi connectivity index (χ1) is 7.68. The number of hydrogen-bond acceptors (Lipinski definition) is 1. The predicted octanol–water partition coefficient (Wildman–Crippen LogP) is 3.83. The monoisotopic (exact) mass is 221 g/mol. The summed E-state index contributed by atoms with van der Waals surface area (Å²) in [5, 5.41) is 0. The van der Waals surface area contributed by atoms with Crippen LogP contribution in [0.25, 0.3) is 0 Å². The molecule has 2 aliphatic carbocycles. The van der Waals surface area contributed by atoms with E-state index in [1.165, 1.54) is 64.5 Å². The molecule has 3 aliphatic rings. The van der Waals surface area contributed by atoms with Gasteiger partial charge in [-0.15, -0.1) is 0 Å². The highest BCUT2D eigenvalue weighted by Crippen LogP contribution is 2.62. The fourth-order valence-corrected chi connectivity index (χ4v) is 5.01. The van der Waals surface area contributed by atoms with Crippen LogP contribution < -0.4 is 0 Å². The maximum absolute atomic E-state index is 2.79. The molecule has 0 radical (unpaired) electrons. The van der Waals surface area contributed by atoms with Crippen molar-refractivity contribution in [1.29, 1.82) is 0 Å². The van der Waals surface area contributed by atoms with E-state index >= 15 is 0 Å². The number of rotatable bonds is 1. The summed E-state index contributed by atoms with van der Waals surface area (Å²) in [4.78, 5) is 2.79. The van der Waals surface area contributed by atoms with Crippen LogP contribution in [-0.2, 0) is 0 Å². The third kappa shape index (κ3) is 1.40. The van der Waals surface area contributed by atoms with Gasteiger partial charge < -0.3 is 0 Å². The zero-order valence-electron chi connectivity index (χ0n) is 11.1. The molecule has 16 heavy (non-hydrogen) atoms. The third-order valence-corrected chi connectivity index (χ3v) is 5.99. The molecule has 1 nitrogen and oxygen atoms in total. The lowest BCUT2D eigenvalue weighted by Crippen LogP contribution is -2.45. The van der Waals surface area contributed by atoms with Crippen molar-refractivity contribution < 1.29 is 0 Å². The van der Waals surface area contributed by atoms with E-state index in [1.54, 1.807) is 0 Å². The van der Waals surface area contributed by atoms with Gasteiger partial charge in [0.2, 0.25) is 0 Å². The van der Waals surface area contributed by atoms with Crippen LogP contribution in [0.3, 0.4) is 0 Å². The second-order valence-corrected chi connectivity index (χ2v) is 6.97. The largest absolute Gasteiger partial charge is 0.300 e. The average molecular weight is 221 g/mol. The molecule has 0 aromatic rings. The molecule has 2 saturated carbocycles. The van der Waals surface area contributed by atoms with Crippen LogP contribution in [0.15, 0.2) is 0 Å². The first-order valence-corrected chi connectivity index (χ1v) is 7.42. The van der Waals surface area contributed by atoms with Gasteiger partial charge in [0.25, 0.3) is 0 Å². The number of likely N-dealkylation sites (tertiary alicyclic amines) is 1. The van der Waals surface area contributed by atoms with Crippen molar-refractivity contribution in [2.24, 2.45) is 10.8 Å². The van der Waals surface area contributed by atoms with Gasteiger partial charge in [-0.3, -0.25) is 4.90 Å². The highest BCUT2D eigenvalue weighted by molar-refractivity contribution is 5.10. The van der Waals surface area contributed by atoms with Crippen LogP contribution in [0, 0.1) is 10.8 Å². The normalized spacial score (nSPS) is 44.4. The molecule has 0 spiro atoms. The standard InChI is InChI=1S/C15H27N/c1-13(2)16-11-14-7-3-4-8-15(14,12-16)10-6-5-9-14/h13H,3-12H2,1-2H3. The highest BCUT2D eigenvalue weighted by atomic mass is 15.2. The molecule has 3 rings (SSSR count). The zero-order chi connectivity index (χ0) is 11.2. The lowest BCUT2D eigenvalue weighted by molar-refractivity contribution is -0.00790. The van der Waals surface area contributed by atoms with Crippen molar-refractivity contribution in [3.05, 3.63) is 0 Å². The van der Waals surface area contributed by atoms with Crippen molar-refractivity contribution >= 4 is 0 Å². The van der Waals surface area contributed by atoms with Crippen molar-refractivity contribution in [1.82, 2.24) is 4.90 Å². The number of hydrogen-bond donors (Lipinski definition) is 0. The summed E-state index contributed by atoms with van der Waals surface area (Å²) in [6.45, 7) is 7.61. The molecule has 0 N–H and O–H groups in total. The first kappa shape index (κ1) is 11.1. The summed E-state index contributed by atoms with van der Waals surface area (Å²) < 4.78 is 0. The predicted molar refractivity (Wildman–Crippen MR) is 68.5 cm³/mol. The lowest BCUT2D eigenvalue weighted by Gasteiger charge is -2.52. The SMILES string of the molecule is CC(C)N1CC23CCCCC2(CCCC3)C1. The van der Waals surface area contributed by atoms with Crippen molar-refractivity contribution in [3.63, 3.8) is 0 Å². The van der Waals surface area contributed by atoms with Crippen molar-refractivity contribution in [2.75, 3.05) is 13.1 Å².